The van der Waals surface area contributed by atoms with Crippen molar-refractivity contribution in [2.75, 3.05) is 36.9 Å². The molecule has 102 valence electrons. The minimum Gasteiger partial charge on any atom is -0.382 e. The maximum Gasteiger partial charge on any atom is 0.315 e. The molecule has 7 heteroatoms. The third-order valence-corrected chi connectivity index (χ3v) is 3.12. The van der Waals surface area contributed by atoms with E-state index in [2.05, 4.69) is 10.6 Å². The number of para-hydroxylation sites is 1. The van der Waals surface area contributed by atoms with Crippen LogP contribution in [-0.4, -0.2) is 37.5 Å². The summed E-state index contributed by atoms with van der Waals surface area (Å²) in [6.07, 6.45) is 0.348. The SMILES string of the molecule is CNc1cccc(N2CCNC(=O)CC2)c1[N+](=O)[O-]. The highest BCUT2D eigenvalue weighted by molar-refractivity contribution is 5.80. The molecule has 1 fully saturated rings. The molecule has 0 radical (unpaired) electrons. The minimum absolute atomic E-state index is 0.0186. The largest absolute Gasteiger partial charge is 0.382 e. The van der Waals surface area contributed by atoms with Gasteiger partial charge < -0.3 is 15.5 Å². The van der Waals surface area contributed by atoms with Gasteiger partial charge in [-0.2, -0.15) is 0 Å². The predicted octanol–water partition coefficient (Wildman–Crippen LogP) is 0.963. The molecule has 0 aromatic heterocycles. The molecule has 0 saturated carbocycles. The van der Waals surface area contributed by atoms with E-state index >= 15 is 0 Å². The van der Waals surface area contributed by atoms with E-state index in [-0.39, 0.29) is 16.5 Å². The Morgan fingerprint density at radius 1 is 1.42 bits per heavy atom. The Hall–Kier alpha value is -2.31. The summed E-state index contributed by atoms with van der Waals surface area (Å²) in [5.41, 5.74) is 1.08. The maximum absolute atomic E-state index is 11.3. The molecule has 2 N–H and O–H groups in total. The van der Waals surface area contributed by atoms with Crippen molar-refractivity contribution in [3.05, 3.63) is 28.3 Å². The van der Waals surface area contributed by atoms with Crippen LogP contribution in [0.25, 0.3) is 0 Å². The second-order valence-corrected chi connectivity index (χ2v) is 4.27. The molecule has 0 spiro atoms. The third kappa shape index (κ3) is 2.75. The fraction of sp³-hybridized carbons (Fsp3) is 0.417. The van der Waals surface area contributed by atoms with Crippen molar-refractivity contribution < 1.29 is 9.72 Å². The van der Waals surface area contributed by atoms with Crippen LogP contribution >= 0.6 is 0 Å². The van der Waals surface area contributed by atoms with Crippen LogP contribution in [-0.2, 0) is 4.79 Å². The lowest BCUT2D eigenvalue weighted by Gasteiger charge is -2.22. The number of carbonyl (C=O) groups is 1. The van der Waals surface area contributed by atoms with Gasteiger partial charge in [0.15, 0.2) is 0 Å². The number of nitro benzene ring substituents is 1. The summed E-state index contributed by atoms with van der Waals surface area (Å²) in [6, 6.07) is 5.16. The molecule has 0 atom stereocenters. The predicted molar refractivity (Wildman–Crippen MR) is 72.5 cm³/mol. The average molecular weight is 264 g/mol. The van der Waals surface area contributed by atoms with Gasteiger partial charge in [-0.05, 0) is 12.1 Å². The number of hydrogen-bond acceptors (Lipinski definition) is 5. The second-order valence-electron chi connectivity index (χ2n) is 4.27. The summed E-state index contributed by atoms with van der Waals surface area (Å²) in [6.45, 7) is 1.55. The van der Waals surface area contributed by atoms with E-state index in [1.807, 2.05) is 4.90 Å². The molecule has 1 heterocycles. The number of nitro groups is 1. The molecule has 0 bridgehead atoms. The lowest BCUT2D eigenvalue weighted by Crippen LogP contribution is -2.29. The number of carbonyl (C=O) groups excluding carboxylic acids is 1. The number of amides is 1. The molecule has 1 aromatic carbocycles. The zero-order valence-electron chi connectivity index (χ0n) is 10.7. The monoisotopic (exact) mass is 264 g/mol. The minimum atomic E-state index is -0.388. The van der Waals surface area contributed by atoms with Gasteiger partial charge in [-0.3, -0.25) is 14.9 Å². The Balaban J connectivity index is 2.38. The molecule has 1 aliphatic rings. The molecule has 1 aromatic rings. The van der Waals surface area contributed by atoms with Gasteiger partial charge >= 0.3 is 5.69 Å². The van der Waals surface area contributed by atoms with Gasteiger partial charge in [-0.15, -0.1) is 0 Å². The van der Waals surface area contributed by atoms with E-state index in [0.717, 1.165) is 0 Å². The average Bonchev–Trinajstić information content (AvgIpc) is 2.62. The zero-order valence-corrected chi connectivity index (χ0v) is 10.7. The molecule has 0 aliphatic carbocycles. The van der Waals surface area contributed by atoms with E-state index in [9.17, 15) is 14.9 Å². The third-order valence-electron chi connectivity index (χ3n) is 3.12. The van der Waals surface area contributed by atoms with E-state index in [0.29, 0.717) is 37.4 Å². The molecule has 7 nitrogen and oxygen atoms in total. The van der Waals surface area contributed by atoms with Gasteiger partial charge in [0.05, 0.1) is 4.92 Å². The lowest BCUT2D eigenvalue weighted by molar-refractivity contribution is -0.383. The Morgan fingerprint density at radius 2 is 2.21 bits per heavy atom. The van der Waals surface area contributed by atoms with Crippen LogP contribution in [0.3, 0.4) is 0 Å². The van der Waals surface area contributed by atoms with Crippen molar-refractivity contribution in [1.82, 2.24) is 5.32 Å². The first-order valence-electron chi connectivity index (χ1n) is 6.10. The van der Waals surface area contributed by atoms with Crippen LogP contribution in [0.15, 0.2) is 18.2 Å². The molecule has 0 unspecified atom stereocenters. The fourth-order valence-electron chi connectivity index (χ4n) is 2.19. The van der Waals surface area contributed by atoms with Gasteiger partial charge in [0.2, 0.25) is 5.91 Å². The number of rotatable bonds is 3. The van der Waals surface area contributed by atoms with Crippen molar-refractivity contribution in [2.45, 2.75) is 6.42 Å². The summed E-state index contributed by atoms with van der Waals surface area (Å²) in [5, 5.41) is 16.8. The number of nitrogens with zero attached hydrogens (tertiary/aromatic N) is 2. The first-order chi connectivity index (χ1) is 9.13. The highest BCUT2D eigenvalue weighted by Gasteiger charge is 2.24. The summed E-state index contributed by atoms with van der Waals surface area (Å²) in [4.78, 5) is 24.1. The van der Waals surface area contributed by atoms with E-state index in [4.69, 9.17) is 0 Å². The van der Waals surface area contributed by atoms with E-state index in [1.54, 1.807) is 25.2 Å². The number of anilines is 2. The normalized spacial score (nSPS) is 15.6. The summed E-state index contributed by atoms with van der Waals surface area (Å²) in [5.74, 6) is -0.0186. The molecule has 1 saturated heterocycles. The molecular formula is C12H16N4O3. The molecular weight excluding hydrogens is 248 g/mol. The van der Waals surface area contributed by atoms with Crippen LogP contribution in [0.4, 0.5) is 17.1 Å². The lowest BCUT2D eigenvalue weighted by atomic mass is 10.2. The van der Waals surface area contributed by atoms with E-state index in [1.165, 1.54) is 0 Å². The van der Waals surface area contributed by atoms with Crippen LogP contribution < -0.4 is 15.5 Å². The van der Waals surface area contributed by atoms with Crippen LogP contribution in [0, 0.1) is 10.1 Å². The highest BCUT2D eigenvalue weighted by atomic mass is 16.6. The van der Waals surface area contributed by atoms with Crippen molar-refractivity contribution in [3.63, 3.8) is 0 Å². The van der Waals surface area contributed by atoms with Crippen LogP contribution in [0.1, 0.15) is 6.42 Å². The summed E-state index contributed by atoms with van der Waals surface area (Å²) < 4.78 is 0. The maximum atomic E-state index is 11.3. The van der Waals surface area contributed by atoms with Gasteiger partial charge in [0, 0.05) is 33.1 Å². The smallest absolute Gasteiger partial charge is 0.315 e. The van der Waals surface area contributed by atoms with E-state index < -0.39 is 0 Å². The van der Waals surface area contributed by atoms with Crippen molar-refractivity contribution in [3.8, 4) is 0 Å². The Labute approximate surface area is 110 Å². The van der Waals surface area contributed by atoms with Gasteiger partial charge in [0.1, 0.15) is 11.4 Å². The molecule has 1 amide bonds. The van der Waals surface area contributed by atoms with Gasteiger partial charge in [0.25, 0.3) is 0 Å². The van der Waals surface area contributed by atoms with Crippen LogP contribution in [0.5, 0.6) is 0 Å². The zero-order chi connectivity index (χ0) is 13.8. The topological polar surface area (TPSA) is 87.5 Å². The molecule has 1 aliphatic heterocycles. The number of benzene rings is 1. The van der Waals surface area contributed by atoms with Gasteiger partial charge in [-0.25, -0.2) is 0 Å². The number of nitrogens with one attached hydrogen (secondary N) is 2. The molecule has 19 heavy (non-hydrogen) atoms. The Bertz CT molecular complexity index is 504. The fourth-order valence-corrected chi connectivity index (χ4v) is 2.19. The Morgan fingerprint density at radius 3 is 2.89 bits per heavy atom. The molecule has 2 rings (SSSR count). The first kappa shape index (κ1) is 13.1. The second kappa shape index (κ2) is 5.55. The highest BCUT2D eigenvalue weighted by Crippen LogP contribution is 2.35. The van der Waals surface area contributed by atoms with Gasteiger partial charge in [-0.1, -0.05) is 6.07 Å². The standard InChI is InChI=1S/C12H16N4O3/c1-13-9-3-2-4-10(12(9)16(18)19)15-7-5-11(17)14-6-8-15/h2-4,13H,5-8H2,1H3,(H,14,17). The van der Waals surface area contributed by atoms with Crippen LogP contribution in [0.2, 0.25) is 0 Å². The number of hydrogen-bond donors (Lipinski definition) is 2. The van der Waals surface area contributed by atoms with Crippen molar-refractivity contribution in [2.24, 2.45) is 0 Å². The van der Waals surface area contributed by atoms with Crippen molar-refractivity contribution in [1.29, 1.82) is 0 Å². The summed E-state index contributed by atoms with van der Waals surface area (Å²) in [7, 11) is 1.65. The van der Waals surface area contributed by atoms with Crippen molar-refractivity contribution >= 4 is 23.0 Å². The quantitative estimate of drug-likeness (QED) is 0.627. The Kier molecular flexibility index (Phi) is 3.84. The first-order valence-corrected chi connectivity index (χ1v) is 6.10. The summed E-state index contributed by atoms with van der Waals surface area (Å²) >= 11 is 0.